The van der Waals surface area contributed by atoms with Crippen LogP contribution in [0.25, 0.3) is 0 Å². The van der Waals surface area contributed by atoms with Gasteiger partial charge in [0.25, 0.3) is 0 Å². The highest BCUT2D eigenvalue weighted by Crippen LogP contribution is 2.33. The average molecular weight is 211 g/mol. The molecule has 1 aliphatic heterocycles. The summed E-state index contributed by atoms with van der Waals surface area (Å²) in [6.45, 7) is 3.43. The van der Waals surface area contributed by atoms with Crippen LogP contribution in [-0.4, -0.2) is 29.4 Å². The smallest absolute Gasteiger partial charge is 0.374 e. The molecule has 15 heavy (non-hydrogen) atoms. The molecule has 1 aromatic heterocycles. The lowest BCUT2D eigenvalue weighted by atomic mass is 9.79. The number of aromatic carboxylic acids is 1. The molecule has 1 N–H and O–H groups in total. The molecule has 82 valence electrons. The molecule has 5 heteroatoms. The molecular weight excluding hydrogens is 198 g/mol. The number of carboxylic acids is 1. The number of carboxylic acid groups (broad SMARTS) is 1. The fraction of sp³-hybridized carbons (Fsp3) is 0.600. The van der Waals surface area contributed by atoms with E-state index in [1.54, 1.807) is 0 Å². The number of ether oxygens (including phenoxy) is 1. The normalized spacial score (nSPS) is 20.1. The zero-order chi connectivity index (χ0) is 10.9. The van der Waals surface area contributed by atoms with Crippen molar-refractivity contribution in [3.63, 3.8) is 0 Å². The fourth-order valence-electron chi connectivity index (χ4n) is 1.74. The summed E-state index contributed by atoms with van der Waals surface area (Å²) in [5, 5.41) is 12.5. The van der Waals surface area contributed by atoms with E-state index in [1.807, 2.05) is 0 Å². The molecule has 0 aliphatic carbocycles. The lowest BCUT2D eigenvalue weighted by Crippen LogP contribution is -2.30. The molecule has 0 atom stereocenters. The van der Waals surface area contributed by atoms with Gasteiger partial charge in [0.15, 0.2) is 0 Å². The lowest BCUT2D eigenvalue weighted by Gasteiger charge is -2.31. The van der Waals surface area contributed by atoms with Crippen molar-refractivity contribution in [2.75, 3.05) is 13.2 Å². The molecule has 2 rings (SSSR count). The average Bonchev–Trinajstić information content (AvgIpc) is 2.68. The van der Waals surface area contributed by atoms with Gasteiger partial charge in [-0.25, -0.2) is 4.79 Å². The molecule has 2 heterocycles. The second-order valence-corrected chi connectivity index (χ2v) is 4.05. The van der Waals surface area contributed by atoms with E-state index in [0.717, 1.165) is 12.8 Å². The summed E-state index contributed by atoms with van der Waals surface area (Å²) in [6.07, 6.45) is 1.69. The minimum Gasteiger partial charge on any atom is -0.475 e. The van der Waals surface area contributed by atoms with Crippen LogP contribution in [0.1, 0.15) is 36.0 Å². The molecule has 1 aromatic rings. The number of hydrogen-bond donors (Lipinski definition) is 1. The molecule has 1 saturated heterocycles. The van der Waals surface area contributed by atoms with Crippen molar-refractivity contribution in [3.05, 3.63) is 17.5 Å². The van der Waals surface area contributed by atoms with E-state index in [0.29, 0.717) is 18.9 Å². The van der Waals surface area contributed by atoms with Crippen molar-refractivity contribution >= 4 is 5.97 Å². The van der Waals surface area contributed by atoms with Crippen LogP contribution in [-0.2, 0) is 10.2 Å². The Morgan fingerprint density at radius 1 is 1.53 bits per heavy atom. The summed E-state index contributed by atoms with van der Waals surface area (Å²) in [4.78, 5) is 10.6. The zero-order valence-corrected chi connectivity index (χ0v) is 8.52. The molecule has 0 bridgehead atoms. The molecule has 1 fully saturated rings. The number of rotatable bonds is 2. The Morgan fingerprint density at radius 3 is 2.73 bits per heavy atom. The third kappa shape index (κ3) is 1.87. The van der Waals surface area contributed by atoms with Crippen molar-refractivity contribution in [1.29, 1.82) is 0 Å². The van der Waals surface area contributed by atoms with Gasteiger partial charge in [-0.2, -0.15) is 0 Å². The summed E-state index contributed by atoms with van der Waals surface area (Å²) >= 11 is 0. The second kappa shape index (κ2) is 3.66. The van der Waals surface area contributed by atoms with Gasteiger partial charge in [-0.3, -0.25) is 0 Å². The maximum absolute atomic E-state index is 10.6. The number of nitrogens with zero attached hydrogens (tertiary/aromatic N) is 1. The van der Waals surface area contributed by atoms with E-state index in [-0.39, 0.29) is 11.2 Å². The summed E-state index contributed by atoms with van der Waals surface area (Å²) in [5.41, 5.74) is 0.596. The fourth-order valence-corrected chi connectivity index (χ4v) is 1.74. The van der Waals surface area contributed by atoms with E-state index in [9.17, 15) is 4.79 Å². The topological polar surface area (TPSA) is 72.6 Å². The van der Waals surface area contributed by atoms with Gasteiger partial charge in [-0.05, 0) is 12.8 Å². The Morgan fingerprint density at radius 2 is 2.20 bits per heavy atom. The first-order valence-corrected chi connectivity index (χ1v) is 4.90. The van der Waals surface area contributed by atoms with Crippen LogP contribution in [0.4, 0.5) is 0 Å². The monoisotopic (exact) mass is 211 g/mol. The summed E-state index contributed by atoms with van der Waals surface area (Å²) in [5.74, 6) is -1.18. The standard InChI is InChI=1S/C10H13NO4/c1-10(2-4-14-5-3-10)8-6-7(9(12)13)15-11-8/h6H,2-5H2,1H3,(H,12,13). The molecule has 0 aromatic carbocycles. The van der Waals surface area contributed by atoms with Gasteiger partial charge >= 0.3 is 5.97 Å². The molecular formula is C10H13NO4. The van der Waals surface area contributed by atoms with Gasteiger partial charge in [-0.1, -0.05) is 12.1 Å². The van der Waals surface area contributed by atoms with Crippen LogP contribution in [0.2, 0.25) is 0 Å². The zero-order valence-electron chi connectivity index (χ0n) is 8.52. The molecule has 1 aliphatic rings. The Kier molecular flexibility index (Phi) is 2.48. The first-order chi connectivity index (χ1) is 7.12. The maximum atomic E-state index is 10.6. The third-order valence-electron chi connectivity index (χ3n) is 2.94. The summed E-state index contributed by atoms with van der Waals surface area (Å²) in [7, 11) is 0. The Labute approximate surface area is 87.0 Å². The second-order valence-electron chi connectivity index (χ2n) is 4.05. The first-order valence-electron chi connectivity index (χ1n) is 4.90. The van der Waals surface area contributed by atoms with Crippen molar-refractivity contribution in [3.8, 4) is 0 Å². The predicted octanol–water partition coefficient (Wildman–Crippen LogP) is 1.44. The van der Waals surface area contributed by atoms with Crippen molar-refractivity contribution in [1.82, 2.24) is 5.16 Å². The van der Waals surface area contributed by atoms with Crippen molar-refractivity contribution in [2.45, 2.75) is 25.2 Å². The molecule has 0 unspecified atom stereocenters. The van der Waals surface area contributed by atoms with Crippen molar-refractivity contribution in [2.24, 2.45) is 0 Å². The Bertz CT molecular complexity index is 365. The molecule has 0 amide bonds. The SMILES string of the molecule is CC1(c2cc(C(=O)O)on2)CCOCC1. The van der Waals surface area contributed by atoms with Gasteiger partial charge < -0.3 is 14.4 Å². The van der Waals surface area contributed by atoms with Crippen LogP contribution >= 0.6 is 0 Å². The van der Waals surface area contributed by atoms with Crippen LogP contribution in [0, 0.1) is 0 Å². The Hall–Kier alpha value is -1.36. The van der Waals surface area contributed by atoms with Crippen LogP contribution < -0.4 is 0 Å². The highest BCUT2D eigenvalue weighted by atomic mass is 16.5. The Balaban J connectivity index is 2.23. The quantitative estimate of drug-likeness (QED) is 0.801. The highest BCUT2D eigenvalue weighted by Gasteiger charge is 2.33. The molecule has 5 nitrogen and oxygen atoms in total. The minimum atomic E-state index is -1.08. The summed E-state index contributed by atoms with van der Waals surface area (Å²) < 4.78 is 10.0. The van der Waals surface area contributed by atoms with Gasteiger partial charge in [0.2, 0.25) is 5.76 Å². The molecule has 0 spiro atoms. The lowest BCUT2D eigenvalue weighted by molar-refractivity contribution is 0.0537. The predicted molar refractivity (Wildman–Crippen MR) is 50.9 cm³/mol. The number of hydrogen-bond acceptors (Lipinski definition) is 4. The van der Waals surface area contributed by atoms with Crippen LogP contribution in [0.15, 0.2) is 10.6 Å². The van der Waals surface area contributed by atoms with E-state index < -0.39 is 5.97 Å². The summed E-state index contributed by atoms with van der Waals surface area (Å²) in [6, 6.07) is 1.51. The third-order valence-corrected chi connectivity index (χ3v) is 2.94. The highest BCUT2D eigenvalue weighted by molar-refractivity contribution is 5.84. The van der Waals surface area contributed by atoms with Gasteiger partial charge in [0.05, 0.1) is 5.69 Å². The van der Waals surface area contributed by atoms with Gasteiger partial charge in [-0.15, -0.1) is 0 Å². The van der Waals surface area contributed by atoms with Crippen LogP contribution in [0.5, 0.6) is 0 Å². The van der Waals surface area contributed by atoms with E-state index in [4.69, 9.17) is 14.4 Å². The van der Waals surface area contributed by atoms with Crippen molar-refractivity contribution < 1.29 is 19.2 Å². The maximum Gasteiger partial charge on any atom is 0.374 e. The minimum absolute atomic E-state index is 0.0993. The van der Waals surface area contributed by atoms with E-state index >= 15 is 0 Å². The van der Waals surface area contributed by atoms with Gasteiger partial charge in [0.1, 0.15) is 0 Å². The van der Waals surface area contributed by atoms with E-state index in [1.165, 1.54) is 6.07 Å². The molecule has 0 saturated carbocycles. The number of carbonyl (C=O) groups is 1. The molecule has 0 radical (unpaired) electrons. The van der Waals surface area contributed by atoms with Gasteiger partial charge in [0, 0.05) is 24.7 Å². The first kappa shape index (κ1) is 10.2. The van der Waals surface area contributed by atoms with E-state index in [2.05, 4.69) is 12.1 Å². The largest absolute Gasteiger partial charge is 0.475 e. The van der Waals surface area contributed by atoms with Crippen LogP contribution in [0.3, 0.4) is 0 Å². The number of aromatic nitrogens is 1.